The highest BCUT2D eigenvalue weighted by molar-refractivity contribution is 8.19. The summed E-state index contributed by atoms with van der Waals surface area (Å²) >= 11 is 3.88. The monoisotopic (exact) mass is 428 g/mol. The summed E-state index contributed by atoms with van der Waals surface area (Å²) in [6.45, 7) is 2.33. The van der Waals surface area contributed by atoms with E-state index in [1.165, 1.54) is 5.56 Å². The van der Waals surface area contributed by atoms with Crippen LogP contribution >= 0.6 is 23.5 Å². The van der Waals surface area contributed by atoms with Crippen molar-refractivity contribution in [3.05, 3.63) is 53.6 Å². The van der Waals surface area contributed by atoms with Gasteiger partial charge in [0, 0.05) is 30.2 Å². The predicted molar refractivity (Wildman–Crippen MR) is 121 cm³/mol. The smallest absolute Gasteiger partial charge is 0.229 e. The first kappa shape index (κ1) is 20.2. The van der Waals surface area contributed by atoms with Crippen LogP contribution in [0.1, 0.15) is 22.1 Å². The molecule has 2 fully saturated rings. The second-order valence-electron chi connectivity index (χ2n) is 7.27. The summed E-state index contributed by atoms with van der Waals surface area (Å²) in [7, 11) is 1.59. The number of hydrogen-bond donors (Lipinski definition) is 1. The summed E-state index contributed by atoms with van der Waals surface area (Å²) < 4.78 is 5.85. The van der Waals surface area contributed by atoms with Crippen molar-refractivity contribution < 1.29 is 14.3 Å². The Morgan fingerprint density at radius 2 is 1.97 bits per heavy atom. The lowest BCUT2D eigenvalue weighted by Crippen LogP contribution is -2.28. The molecule has 0 radical (unpaired) electrons. The van der Waals surface area contributed by atoms with Crippen molar-refractivity contribution in [2.45, 2.75) is 17.9 Å². The van der Waals surface area contributed by atoms with E-state index in [0.717, 1.165) is 28.4 Å². The Balaban J connectivity index is 1.46. The van der Waals surface area contributed by atoms with Gasteiger partial charge in [0.25, 0.3) is 0 Å². The third kappa shape index (κ3) is 4.41. The van der Waals surface area contributed by atoms with Crippen molar-refractivity contribution in [2.75, 3.05) is 35.4 Å². The highest BCUT2D eigenvalue weighted by atomic mass is 32.2. The van der Waals surface area contributed by atoms with Crippen molar-refractivity contribution in [1.29, 1.82) is 0 Å². The lowest BCUT2D eigenvalue weighted by atomic mass is 10.1. The normalized spacial score (nSPS) is 19.6. The number of aryl methyl sites for hydroxylation is 1. The fraction of sp³-hybridized carbons (Fsp3) is 0.364. The Labute approximate surface area is 179 Å². The Bertz CT molecular complexity index is 928. The quantitative estimate of drug-likeness (QED) is 0.761. The average Bonchev–Trinajstić information content (AvgIpc) is 3.38. The van der Waals surface area contributed by atoms with Crippen LogP contribution in [-0.4, -0.2) is 37.0 Å². The summed E-state index contributed by atoms with van der Waals surface area (Å²) in [6.07, 6.45) is 0.205. The van der Waals surface area contributed by atoms with Crippen LogP contribution in [0, 0.1) is 12.8 Å². The minimum absolute atomic E-state index is 0.0541. The van der Waals surface area contributed by atoms with E-state index in [2.05, 4.69) is 11.4 Å². The molecule has 152 valence electrons. The molecule has 0 aliphatic carbocycles. The molecule has 2 aliphatic heterocycles. The molecule has 1 atom stereocenters. The highest BCUT2D eigenvalue weighted by Crippen LogP contribution is 2.45. The highest BCUT2D eigenvalue weighted by Gasteiger charge is 2.36. The van der Waals surface area contributed by atoms with E-state index in [4.69, 9.17) is 4.74 Å². The van der Waals surface area contributed by atoms with Crippen LogP contribution in [0.2, 0.25) is 0 Å². The van der Waals surface area contributed by atoms with Crippen molar-refractivity contribution in [2.24, 2.45) is 5.92 Å². The molecule has 2 aromatic carbocycles. The second kappa shape index (κ2) is 8.71. The molecule has 7 heteroatoms. The van der Waals surface area contributed by atoms with E-state index < -0.39 is 0 Å². The molecule has 2 saturated heterocycles. The largest absolute Gasteiger partial charge is 0.495 e. The number of nitrogens with zero attached hydrogens (tertiary/aromatic N) is 1. The number of anilines is 2. The third-order valence-corrected chi connectivity index (χ3v) is 8.27. The van der Waals surface area contributed by atoms with Gasteiger partial charge in [-0.25, -0.2) is 0 Å². The molecule has 0 bridgehead atoms. The maximum Gasteiger partial charge on any atom is 0.229 e. The van der Waals surface area contributed by atoms with E-state index in [1.54, 1.807) is 12.0 Å². The number of carbonyl (C=O) groups is 2. The topological polar surface area (TPSA) is 58.6 Å². The molecule has 2 aromatic rings. The van der Waals surface area contributed by atoms with Crippen molar-refractivity contribution in [3.8, 4) is 5.75 Å². The third-order valence-electron chi connectivity index (χ3n) is 5.17. The summed E-state index contributed by atoms with van der Waals surface area (Å²) in [5, 5.41) is 3.01. The molecular weight excluding hydrogens is 404 g/mol. The van der Waals surface area contributed by atoms with Gasteiger partial charge in [0.05, 0.1) is 23.3 Å². The van der Waals surface area contributed by atoms with Crippen LogP contribution in [0.4, 0.5) is 11.4 Å². The number of methoxy groups -OCH3 is 1. The Morgan fingerprint density at radius 3 is 2.72 bits per heavy atom. The summed E-state index contributed by atoms with van der Waals surface area (Å²) in [5.41, 5.74) is 3.79. The number of rotatable bonds is 5. The van der Waals surface area contributed by atoms with E-state index >= 15 is 0 Å². The Kier molecular flexibility index (Phi) is 6.06. The number of benzene rings is 2. The van der Waals surface area contributed by atoms with E-state index in [-0.39, 0.29) is 24.2 Å². The van der Waals surface area contributed by atoms with Gasteiger partial charge in [-0.05, 0) is 42.3 Å². The van der Waals surface area contributed by atoms with Gasteiger partial charge < -0.3 is 15.0 Å². The standard InChI is InChI=1S/C22H24N2O3S2/c1-14-6-7-19(27-2)18(10-14)24-13-16(12-20(24)25)21(26)23-17-5-3-4-15(11-17)22-28-8-9-29-22/h3-7,10-11,16,22H,8-9,12-13H2,1-2H3,(H,23,26). The molecule has 1 unspecified atom stereocenters. The molecular formula is C22H24N2O3S2. The van der Waals surface area contributed by atoms with Gasteiger partial charge in [-0.1, -0.05) is 18.2 Å². The first-order valence-electron chi connectivity index (χ1n) is 9.64. The molecule has 0 saturated carbocycles. The molecule has 0 aromatic heterocycles. The van der Waals surface area contributed by atoms with Crippen LogP contribution in [0.15, 0.2) is 42.5 Å². The van der Waals surface area contributed by atoms with Gasteiger partial charge in [0.2, 0.25) is 11.8 Å². The molecule has 2 aliphatic rings. The number of ether oxygens (including phenoxy) is 1. The maximum atomic E-state index is 12.9. The zero-order chi connectivity index (χ0) is 20.4. The zero-order valence-electron chi connectivity index (χ0n) is 16.5. The number of carbonyl (C=O) groups excluding carboxylic acids is 2. The number of thioether (sulfide) groups is 2. The SMILES string of the molecule is COc1ccc(C)cc1N1CC(C(=O)Nc2cccc(C3SCCS3)c2)CC1=O. The second-order valence-corrected chi connectivity index (χ2v) is 9.99. The first-order chi connectivity index (χ1) is 14.0. The van der Waals surface area contributed by atoms with Gasteiger partial charge in [0.15, 0.2) is 0 Å². The zero-order valence-corrected chi connectivity index (χ0v) is 18.1. The van der Waals surface area contributed by atoms with Crippen LogP contribution in [0.5, 0.6) is 5.75 Å². The fourth-order valence-corrected chi connectivity index (χ4v) is 6.52. The minimum atomic E-state index is -0.383. The molecule has 0 spiro atoms. The molecule has 4 rings (SSSR count). The molecule has 5 nitrogen and oxygen atoms in total. The lowest BCUT2D eigenvalue weighted by Gasteiger charge is -2.20. The van der Waals surface area contributed by atoms with E-state index in [0.29, 0.717) is 16.9 Å². The Hall–Kier alpha value is -2.12. The van der Waals surface area contributed by atoms with Crippen LogP contribution in [0.25, 0.3) is 0 Å². The molecule has 29 heavy (non-hydrogen) atoms. The molecule has 2 amide bonds. The van der Waals surface area contributed by atoms with Gasteiger partial charge in [0.1, 0.15) is 5.75 Å². The van der Waals surface area contributed by atoms with Crippen molar-refractivity contribution >= 4 is 46.7 Å². The lowest BCUT2D eigenvalue weighted by molar-refractivity contribution is -0.122. The average molecular weight is 429 g/mol. The maximum absolute atomic E-state index is 12.9. The number of hydrogen-bond acceptors (Lipinski definition) is 5. The van der Waals surface area contributed by atoms with Gasteiger partial charge in [-0.15, -0.1) is 23.5 Å². The fourth-order valence-electron chi connectivity index (χ4n) is 3.69. The van der Waals surface area contributed by atoms with Gasteiger partial charge in [-0.3, -0.25) is 9.59 Å². The summed E-state index contributed by atoms with van der Waals surface area (Å²) in [6, 6.07) is 13.8. The predicted octanol–water partition coefficient (Wildman–Crippen LogP) is 4.47. The molecule has 1 N–H and O–H groups in total. The number of nitrogens with one attached hydrogen (secondary N) is 1. The van der Waals surface area contributed by atoms with E-state index in [1.807, 2.05) is 66.8 Å². The summed E-state index contributed by atoms with van der Waals surface area (Å²) in [4.78, 5) is 27.2. The van der Waals surface area contributed by atoms with Crippen molar-refractivity contribution in [1.82, 2.24) is 0 Å². The van der Waals surface area contributed by atoms with Gasteiger partial charge in [-0.2, -0.15) is 0 Å². The number of amides is 2. The minimum Gasteiger partial charge on any atom is -0.495 e. The van der Waals surface area contributed by atoms with E-state index in [9.17, 15) is 9.59 Å². The van der Waals surface area contributed by atoms with Crippen LogP contribution < -0.4 is 15.0 Å². The summed E-state index contributed by atoms with van der Waals surface area (Å²) in [5.74, 6) is 2.41. The Morgan fingerprint density at radius 1 is 1.17 bits per heavy atom. The van der Waals surface area contributed by atoms with Gasteiger partial charge >= 0.3 is 0 Å². The van der Waals surface area contributed by atoms with Crippen molar-refractivity contribution in [3.63, 3.8) is 0 Å². The van der Waals surface area contributed by atoms with Crippen LogP contribution in [0.3, 0.4) is 0 Å². The van der Waals surface area contributed by atoms with Crippen LogP contribution in [-0.2, 0) is 9.59 Å². The first-order valence-corrected chi connectivity index (χ1v) is 11.7. The molecule has 2 heterocycles.